The molecule has 1 fully saturated rings. The summed E-state index contributed by atoms with van der Waals surface area (Å²) in [6.07, 6.45) is -0.385. The molecule has 1 aliphatic carbocycles. The van der Waals surface area contributed by atoms with E-state index in [0.29, 0.717) is 12.8 Å². The van der Waals surface area contributed by atoms with Gasteiger partial charge in [-0.3, -0.25) is 4.79 Å². The van der Waals surface area contributed by atoms with E-state index in [-0.39, 0.29) is 31.0 Å². The Morgan fingerprint density at radius 2 is 1.40 bits per heavy atom. The monoisotopic (exact) mass is 419 g/mol. The summed E-state index contributed by atoms with van der Waals surface area (Å²) in [6, 6.07) is 9.49. The summed E-state index contributed by atoms with van der Waals surface area (Å²) in [6.45, 7) is 10.8. The lowest BCUT2D eigenvalue weighted by Gasteiger charge is -2.37. The van der Waals surface area contributed by atoms with Crippen LogP contribution in [-0.4, -0.2) is 40.8 Å². The molecule has 1 aromatic carbocycles. The molecule has 0 unspecified atom stereocenters. The van der Waals surface area contributed by atoms with Gasteiger partial charge in [-0.1, -0.05) is 30.3 Å². The molecule has 0 radical (unpaired) electrons. The predicted molar refractivity (Wildman–Crippen MR) is 112 cm³/mol. The summed E-state index contributed by atoms with van der Waals surface area (Å²) in [4.78, 5) is 38.3. The number of nitrogens with zero attached hydrogens (tertiary/aromatic N) is 1. The Morgan fingerprint density at radius 1 is 0.900 bits per heavy atom. The number of esters is 1. The largest absolute Gasteiger partial charge is 0.461 e. The first-order valence-electron chi connectivity index (χ1n) is 10.3. The van der Waals surface area contributed by atoms with Crippen LogP contribution >= 0.6 is 0 Å². The molecule has 0 aliphatic heterocycles. The lowest BCUT2D eigenvalue weighted by atomic mass is 9.74. The van der Waals surface area contributed by atoms with Crippen molar-refractivity contribution < 1.29 is 28.6 Å². The number of carbonyl (C=O) groups is 3. The van der Waals surface area contributed by atoms with E-state index in [4.69, 9.17) is 14.2 Å². The van der Waals surface area contributed by atoms with Gasteiger partial charge in [-0.15, -0.1) is 0 Å². The molecule has 0 spiro atoms. The molecule has 7 heteroatoms. The summed E-state index contributed by atoms with van der Waals surface area (Å²) in [5.74, 6) is -0.478. The maximum Gasteiger partial charge on any atom is 0.419 e. The Bertz CT molecular complexity index is 713. The molecule has 1 saturated carbocycles. The normalized spacial score (nSPS) is 18.7. The van der Waals surface area contributed by atoms with Gasteiger partial charge in [0.25, 0.3) is 0 Å². The molecular formula is C23H33NO6. The van der Waals surface area contributed by atoms with Crippen LogP contribution in [0.15, 0.2) is 30.3 Å². The number of hydrogen-bond donors (Lipinski definition) is 0. The highest BCUT2D eigenvalue weighted by Gasteiger charge is 2.40. The van der Waals surface area contributed by atoms with E-state index in [1.807, 2.05) is 30.3 Å². The third-order valence-electron chi connectivity index (χ3n) is 4.46. The summed E-state index contributed by atoms with van der Waals surface area (Å²) in [5, 5.41) is 0. The number of benzene rings is 1. The van der Waals surface area contributed by atoms with Gasteiger partial charge in [-0.05, 0) is 65.9 Å². The Balaban J connectivity index is 1.89. The van der Waals surface area contributed by atoms with Crippen LogP contribution in [0.5, 0.6) is 0 Å². The highest BCUT2D eigenvalue weighted by atomic mass is 16.6. The van der Waals surface area contributed by atoms with E-state index in [1.165, 1.54) is 0 Å². The molecule has 30 heavy (non-hydrogen) atoms. The SMILES string of the molecule is CC(C)(C)OC(=O)N(CC1CC(C(=O)OCc2ccccc2)C1)C(=O)OC(C)(C)C. The summed E-state index contributed by atoms with van der Waals surface area (Å²) < 4.78 is 16.1. The number of amides is 2. The quantitative estimate of drug-likeness (QED) is 0.497. The Morgan fingerprint density at radius 3 is 1.87 bits per heavy atom. The highest BCUT2D eigenvalue weighted by Crippen LogP contribution is 2.36. The molecule has 2 amide bonds. The van der Waals surface area contributed by atoms with Crippen LogP contribution in [0.2, 0.25) is 0 Å². The zero-order valence-corrected chi connectivity index (χ0v) is 18.8. The van der Waals surface area contributed by atoms with Crippen LogP contribution in [0.4, 0.5) is 9.59 Å². The molecule has 0 saturated heterocycles. The fraction of sp³-hybridized carbons (Fsp3) is 0.609. The summed E-state index contributed by atoms with van der Waals surface area (Å²) in [5.41, 5.74) is -0.538. The molecular weight excluding hydrogens is 386 g/mol. The molecule has 0 aromatic heterocycles. The van der Waals surface area contributed by atoms with Gasteiger partial charge in [0.2, 0.25) is 0 Å². The standard InChI is InChI=1S/C23H33NO6/c1-22(2,3)29-20(26)24(21(27)30-23(4,5)6)14-17-12-18(13-17)19(25)28-15-16-10-8-7-9-11-16/h7-11,17-18H,12-15H2,1-6H3. The van der Waals surface area contributed by atoms with Crippen LogP contribution in [0.3, 0.4) is 0 Å². The number of carbonyl (C=O) groups excluding carboxylic acids is 3. The predicted octanol–water partition coefficient (Wildman–Crippen LogP) is 4.93. The van der Waals surface area contributed by atoms with E-state index in [9.17, 15) is 14.4 Å². The zero-order valence-electron chi connectivity index (χ0n) is 18.8. The van der Waals surface area contributed by atoms with Gasteiger partial charge in [-0.25, -0.2) is 14.5 Å². The van der Waals surface area contributed by atoms with E-state index < -0.39 is 23.4 Å². The average Bonchev–Trinajstić information content (AvgIpc) is 2.56. The molecule has 1 aromatic rings. The lowest BCUT2D eigenvalue weighted by molar-refractivity contribution is -0.154. The van der Waals surface area contributed by atoms with Crippen molar-refractivity contribution in [1.82, 2.24) is 4.90 Å². The third-order valence-corrected chi connectivity index (χ3v) is 4.46. The molecule has 2 rings (SSSR count). The second-order valence-corrected chi connectivity index (χ2v) is 9.70. The van der Waals surface area contributed by atoms with Crippen molar-refractivity contribution in [1.29, 1.82) is 0 Å². The molecule has 1 aliphatic rings. The molecule has 0 heterocycles. The van der Waals surface area contributed by atoms with Gasteiger partial charge in [0, 0.05) is 6.54 Å². The summed E-state index contributed by atoms with van der Waals surface area (Å²) in [7, 11) is 0. The van der Waals surface area contributed by atoms with Crippen molar-refractivity contribution >= 4 is 18.2 Å². The van der Waals surface area contributed by atoms with Crippen LogP contribution in [0.25, 0.3) is 0 Å². The van der Waals surface area contributed by atoms with Crippen molar-refractivity contribution in [3.8, 4) is 0 Å². The van der Waals surface area contributed by atoms with Gasteiger partial charge in [0.1, 0.15) is 17.8 Å². The fourth-order valence-corrected chi connectivity index (χ4v) is 3.04. The summed E-state index contributed by atoms with van der Waals surface area (Å²) >= 11 is 0. The van der Waals surface area contributed by atoms with E-state index in [2.05, 4.69) is 0 Å². The average molecular weight is 420 g/mol. The van der Waals surface area contributed by atoms with Crippen LogP contribution < -0.4 is 0 Å². The number of rotatable bonds is 5. The van der Waals surface area contributed by atoms with E-state index in [0.717, 1.165) is 10.5 Å². The molecule has 0 bridgehead atoms. The minimum Gasteiger partial charge on any atom is -0.461 e. The van der Waals surface area contributed by atoms with Crippen molar-refractivity contribution in [3.63, 3.8) is 0 Å². The fourth-order valence-electron chi connectivity index (χ4n) is 3.04. The van der Waals surface area contributed by atoms with Crippen molar-refractivity contribution in [2.45, 2.75) is 72.2 Å². The smallest absolute Gasteiger partial charge is 0.419 e. The second-order valence-electron chi connectivity index (χ2n) is 9.70. The second kappa shape index (κ2) is 9.49. The minimum absolute atomic E-state index is 0.000637. The van der Waals surface area contributed by atoms with E-state index >= 15 is 0 Å². The van der Waals surface area contributed by atoms with Crippen molar-refractivity contribution in [2.24, 2.45) is 11.8 Å². The number of hydrogen-bond acceptors (Lipinski definition) is 6. The third kappa shape index (κ3) is 7.69. The van der Waals surface area contributed by atoms with Crippen LogP contribution in [-0.2, 0) is 25.6 Å². The first kappa shape index (κ1) is 23.7. The maximum absolute atomic E-state index is 12.5. The number of ether oxygens (including phenoxy) is 3. The topological polar surface area (TPSA) is 82.1 Å². The van der Waals surface area contributed by atoms with Gasteiger partial charge in [0.15, 0.2) is 0 Å². The van der Waals surface area contributed by atoms with Gasteiger partial charge < -0.3 is 14.2 Å². The van der Waals surface area contributed by atoms with E-state index in [1.54, 1.807) is 41.5 Å². The van der Waals surface area contributed by atoms with Gasteiger partial charge >= 0.3 is 18.2 Å². The maximum atomic E-state index is 12.5. The zero-order chi connectivity index (χ0) is 22.5. The highest BCUT2D eigenvalue weighted by molar-refractivity contribution is 5.88. The first-order valence-corrected chi connectivity index (χ1v) is 10.3. The number of imide groups is 1. The van der Waals surface area contributed by atoms with Crippen molar-refractivity contribution in [2.75, 3.05) is 6.54 Å². The minimum atomic E-state index is -0.744. The first-order chi connectivity index (χ1) is 13.8. The Kier molecular flexibility index (Phi) is 7.50. The van der Waals surface area contributed by atoms with Gasteiger partial charge in [0.05, 0.1) is 5.92 Å². The van der Waals surface area contributed by atoms with Crippen LogP contribution in [0, 0.1) is 11.8 Å². The molecule has 166 valence electrons. The molecule has 0 N–H and O–H groups in total. The molecule has 0 atom stereocenters. The lowest BCUT2D eigenvalue weighted by Crippen LogP contribution is -2.48. The molecule has 7 nitrogen and oxygen atoms in total. The van der Waals surface area contributed by atoms with Crippen molar-refractivity contribution in [3.05, 3.63) is 35.9 Å². The van der Waals surface area contributed by atoms with Crippen LogP contribution in [0.1, 0.15) is 59.9 Å². The Hall–Kier alpha value is -2.57. The van der Waals surface area contributed by atoms with Gasteiger partial charge in [-0.2, -0.15) is 0 Å². The Labute approximate surface area is 178 Å².